The number of hydrogen-bond donors (Lipinski definition) is 2. The molecule has 0 amide bonds. The first kappa shape index (κ1) is 12.7. The monoisotopic (exact) mass is 245 g/mol. The lowest BCUT2D eigenvalue weighted by Crippen LogP contribution is -2.20. The summed E-state index contributed by atoms with van der Waals surface area (Å²) in [7, 11) is 0. The van der Waals surface area contributed by atoms with Gasteiger partial charge in [-0.2, -0.15) is 5.26 Å². The molecule has 0 aromatic heterocycles. The summed E-state index contributed by atoms with van der Waals surface area (Å²) in [6.45, 7) is 5.23. The second-order valence-electron chi connectivity index (χ2n) is 4.99. The normalized spacial score (nSPS) is 19.9. The molecule has 96 valence electrons. The number of nitrogen functional groups attached to an aromatic ring is 1. The smallest absolute Gasteiger partial charge is 0.156 e. The predicted octanol–water partition coefficient (Wildman–Crippen LogP) is 2.08. The van der Waals surface area contributed by atoms with Crippen molar-refractivity contribution >= 4 is 5.69 Å². The summed E-state index contributed by atoms with van der Waals surface area (Å²) in [5.74, 6) is 0.684. The number of rotatable bonds is 3. The van der Waals surface area contributed by atoms with Gasteiger partial charge in [0.05, 0.1) is 11.3 Å². The molecule has 1 fully saturated rings. The molecule has 0 unspecified atom stereocenters. The Labute approximate surface area is 108 Å². The number of hydrogen-bond acceptors (Lipinski definition) is 4. The summed E-state index contributed by atoms with van der Waals surface area (Å²) in [6.07, 6.45) is 2.47. The Morgan fingerprint density at radius 1 is 1.56 bits per heavy atom. The number of aromatic hydroxyl groups is 1. The van der Waals surface area contributed by atoms with Crippen LogP contribution in [0, 0.1) is 17.2 Å². The van der Waals surface area contributed by atoms with Crippen LogP contribution < -0.4 is 5.73 Å². The molecule has 0 spiro atoms. The molecular weight excluding hydrogens is 226 g/mol. The largest absolute Gasteiger partial charge is 0.504 e. The molecule has 1 aromatic carbocycles. The van der Waals surface area contributed by atoms with Crippen LogP contribution in [0.1, 0.15) is 30.9 Å². The van der Waals surface area contributed by atoms with Crippen LogP contribution in [0.5, 0.6) is 5.75 Å². The zero-order valence-corrected chi connectivity index (χ0v) is 10.7. The molecule has 1 saturated heterocycles. The summed E-state index contributed by atoms with van der Waals surface area (Å²) >= 11 is 0. The van der Waals surface area contributed by atoms with Crippen LogP contribution in [0.2, 0.25) is 0 Å². The van der Waals surface area contributed by atoms with Crippen molar-refractivity contribution in [3.05, 3.63) is 23.3 Å². The van der Waals surface area contributed by atoms with Crippen molar-refractivity contribution in [2.75, 3.05) is 18.8 Å². The van der Waals surface area contributed by atoms with Gasteiger partial charge in [0.2, 0.25) is 0 Å². The van der Waals surface area contributed by atoms with E-state index in [2.05, 4.69) is 11.8 Å². The van der Waals surface area contributed by atoms with E-state index in [0.29, 0.717) is 0 Å². The van der Waals surface area contributed by atoms with Crippen molar-refractivity contribution in [1.82, 2.24) is 4.90 Å². The van der Waals surface area contributed by atoms with E-state index in [0.717, 1.165) is 31.1 Å². The van der Waals surface area contributed by atoms with E-state index in [4.69, 9.17) is 11.0 Å². The zero-order valence-electron chi connectivity index (χ0n) is 10.7. The topological polar surface area (TPSA) is 73.3 Å². The second-order valence-corrected chi connectivity index (χ2v) is 4.99. The Hall–Kier alpha value is -1.73. The molecule has 3 N–H and O–H groups in total. The molecule has 1 aliphatic heterocycles. The molecule has 4 heteroatoms. The minimum atomic E-state index is -0.103. The standard InChI is InChI=1S/C14H19N3O/c1-2-10-3-4-17(8-10)9-11-5-12(7-15)14(18)13(16)6-11/h5-6,10,18H,2-4,8-9,16H2,1H3/t10-/m1/s1. The maximum absolute atomic E-state index is 9.60. The van der Waals surface area contributed by atoms with Crippen LogP contribution in [0.15, 0.2) is 12.1 Å². The fourth-order valence-corrected chi connectivity index (χ4v) is 2.54. The van der Waals surface area contributed by atoms with Gasteiger partial charge in [-0.05, 0) is 36.6 Å². The van der Waals surface area contributed by atoms with Gasteiger partial charge in [-0.15, -0.1) is 0 Å². The van der Waals surface area contributed by atoms with E-state index in [1.807, 2.05) is 6.07 Å². The van der Waals surface area contributed by atoms with Crippen molar-refractivity contribution < 1.29 is 5.11 Å². The van der Waals surface area contributed by atoms with Crippen molar-refractivity contribution in [3.63, 3.8) is 0 Å². The number of anilines is 1. The van der Waals surface area contributed by atoms with Gasteiger partial charge in [-0.1, -0.05) is 13.3 Å². The molecule has 0 saturated carbocycles. The average Bonchev–Trinajstić information content (AvgIpc) is 2.81. The highest BCUT2D eigenvalue weighted by Crippen LogP contribution is 2.28. The Morgan fingerprint density at radius 2 is 2.33 bits per heavy atom. The maximum Gasteiger partial charge on any atom is 0.156 e. The third-order valence-electron chi connectivity index (χ3n) is 3.67. The summed E-state index contributed by atoms with van der Waals surface area (Å²) in [4.78, 5) is 2.38. The Morgan fingerprint density at radius 3 is 2.94 bits per heavy atom. The molecule has 4 nitrogen and oxygen atoms in total. The quantitative estimate of drug-likeness (QED) is 0.631. The summed E-state index contributed by atoms with van der Waals surface area (Å²) < 4.78 is 0. The lowest BCUT2D eigenvalue weighted by molar-refractivity contribution is 0.315. The number of nitrogens with zero attached hydrogens (tertiary/aromatic N) is 2. The molecule has 0 aliphatic carbocycles. The van der Waals surface area contributed by atoms with Crippen molar-refractivity contribution in [2.24, 2.45) is 5.92 Å². The summed E-state index contributed by atoms with van der Waals surface area (Å²) in [6, 6.07) is 5.46. The maximum atomic E-state index is 9.60. The predicted molar refractivity (Wildman–Crippen MR) is 70.9 cm³/mol. The molecule has 18 heavy (non-hydrogen) atoms. The van der Waals surface area contributed by atoms with Crippen molar-refractivity contribution in [3.8, 4) is 11.8 Å². The van der Waals surface area contributed by atoms with Crippen LogP contribution in [-0.4, -0.2) is 23.1 Å². The highest BCUT2D eigenvalue weighted by atomic mass is 16.3. The Bertz CT molecular complexity index is 479. The lowest BCUT2D eigenvalue weighted by atomic mass is 10.1. The molecule has 0 radical (unpaired) electrons. The molecule has 1 aromatic rings. The van der Waals surface area contributed by atoms with Gasteiger partial charge in [-0.25, -0.2) is 0 Å². The molecular formula is C14H19N3O. The van der Waals surface area contributed by atoms with Gasteiger partial charge in [0.15, 0.2) is 5.75 Å². The van der Waals surface area contributed by atoms with Crippen LogP contribution >= 0.6 is 0 Å². The number of nitrogens with two attached hydrogens (primary N) is 1. The third kappa shape index (κ3) is 2.57. The third-order valence-corrected chi connectivity index (χ3v) is 3.67. The molecule has 1 atom stereocenters. The molecule has 2 rings (SSSR count). The Kier molecular flexibility index (Phi) is 3.73. The van der Waals surface area contributed by atoms with Crippen LogP contribution in [0.4, 0.5) is 5.69 Å². The van der Waals surface area contributed by atoms with E-state index in [9.17, 15) is 5.11 Å². The molecule has 1 aliphatic rings. The van der Waals surface area contributed by atoms with E-state index >= 15 is 0 Å². The lowest BCUT2D eigenvalue weighted by Gasteiger charge is -2.16. The van der Waals surface area contributed by atoms with Crippen molar-refractivity contribution in [2.45, 2.75) is 26.3 Å². The van der Waals surface area contributed by atoms with Crippen LogP contribution in [0.3, 0.4) is 0 Å². The van der Waals surface area contributed by atoms with E-state index in [1.54, 1.807) is 12.1 Å². The highest BCUT2D eigenvalue weighted by Gasteiger charge is 2.21. The van der Waals surface area contributed by atoms with Gasteiger partial charge in [0, 0.05) is 13.1 Å². The number of phenols is 1. The minimum absolute atomic E-state index is 0.103. The van der Waals surface area contributed by atoms with E-state index < -0.39 is 0 Å². The number of nitriles is 1. The average molecular weight is 245 g/mol. The summed E-state index contributed by atoms with van der Waals surface area (Å²) in [5.41, 5.74) is 7.25. The number of benzene rings is 1. The number of likely N-dealkylation sites (tertiary alicyclic amines) is 1. The summed E-state index contributed by atoms with van der Waals surface area (Å²) in [5, 5.41) is 18.5. The molecule has 1 heterocycles. The van der Waals surface area contributed by atoms with E-state index in [1.165, 1.54) is 12.8 Å². The highest BCUT2D eigenvalue weighted by molar-refractivity contribution is 5.61. The first-order valence-corrected chi connectivity index (χ1v) is 6.37. The number of phenolic OH excluding ortho intramolecular Hbond substituents is 1. The van der Waals surface area contributed by atoms with Crippen molar-refractivity contribution in [1.29, 1.82) is 5.26 Å². The van der Waals surface area contributed by atoms with Gasteiger partial charge >= 0.3 is 0 Å². The van der Waals surface area contributed by atoms with Gasteiger partial charge in [0.25, 0.3) is 0 Å². The second kappa shape index (κ2) is 5.28. The van der Waals surface area contributed by atoms with Crippen LogP contribution in [-0.2, 0) is 6.54 Å². The first-order chi connectivity index (χ1) is 8.63. The Balaban J connectivity index is 2.11. The molecule has 0 bridgehead atoms. The fraction of sp³-hybridized carbons (Fsp3) is 0.500. The van der Waals surface area contributed by atoms with Gasteiger partial charge < -0.3 is 10.8 Å². The van der Waals surface area contributed by atoms with Gasteiger partial charge in [-0.3, -0.25) is 4.90 Å². The van der Waals surface area contributed by atoms with Crippen LogP contribution in [0.25, 0.3) is 0 Å². The fourth-order valence-electron chi connectivity index (χ4n) is 2.54. The first-order valence-electron chi connectivity index (χ1n) is 6.37. The SMILES string of the molecule is CC[C@@H]1CCN(Cc2cc(N)c(O)c(C#N)c2)C1. The minimum Gasteiger partial charge on any atom is -0.504 e. The van der Waals surface area contributed by atoms with E-state index in [-0.39, 0.29) is 17.0 Å². The van der Waals surface area contributed by atoms with Gasteiger partial charge in [0.1, 0.15) is 6.07 Å². The zero-order chi connectivity index (χ0) is 13.1.